The number of rotatable bonds is 8. The first kappa shape index (κ1) is 21.6. The molecular weight excluding hydrogens is 406 g/mol. The van der Waals surface area contributed by atoms with Crippen LogP contribution in [0.1, 0.15) is 56.8 Å². The number of benzene rings is 2. The Morgan fingerprint density at radius 3 is 2.52 bits per heavy atom. The summed E-state index contributed by atoms with van der Waals surface area (Å²) in [6, 6.07) is 16.0. The highest BCUT2D eigenvalue weighted by Gasteiger charge is 2.28. The van der Waals surface area contributed by atoms with Crippen LogP contribution in [0.2, 0.25) is 0 Å². The van der Waals surface area contributed by atoms with E-state index in [2.05, 4.69) is 48.4 Å². The fraction of sp³-hybridized carbons (Fsp3) is 0.400. The highest BCUT2D eigenvalue weighted by atomic mass is 32.2. The van der Waals surface area contributed by atoms with Gasteiger partial charge in [0.15, 0.2) is 5.16 Å². The van der Waals surface area contributed by atoms with Crippen LogP contribution >= 0.6 is 11.8 Å². The number of aromatic nitrogens is 2. The van der Waals surface area contributed by atoms with Gasteiger partial charge >= 0.3 is 0 Å². The molecule has 31 heavy (non-hydrogen) atoms. The quantitative estimate of drug-likeness (QED) is 0.404. The molecule has 1 saturated carbocycles. The van der Waals surface area contributed by atoms with Crippen molar-refractivity contribution in [3.05, 3.63) is 70.0 Å². The van der Waals surface area contributed by atoms with Crippen LogP contribution in [0.3, 0.4) is 0 Å². The molecule has 1 unspecified atom stereocenters. The number of carbonyl (C=O) groups excluding carboxylic acids is 1. The molecule has 0 saturated heterocycles. The van der Waals surface area contributed by atoms with Gasteiger partial charge in [-0.3, -0.25) is 14.2 Å². The van der Waals surface area contributed by atoms with Crippen molar-refractivity contribution in [1.29, 1.82) is 0 Å². The van der Waals surface area contributed by atoms with Crippen molar-refractivity contribution in [2.75, 3.05) is 5.75 Å². The molecule has 1 N–H and O–H groups in total. The maximum atomic E-state index is 12.9. The summed E-state index contributed by atoms with van der Waals surface area (Å²) in [6.45, 7) is 6.41. The molecule has 162 valence electrons. The Kier molecular flexibility index (Phi) is 6.46. The number of para-hydroxylation sites is 1. The van der Waals surface area contributed by atoms with Crippen LogP contribution in [0, 0.1) is 5.92 Å². The van der Waals surface area contributed by atoms with E-state index < -0.39 is 0 Å². The number of thioether (sulfide) groups is 1. The Hall–Kier alpha value is -2.60. The fourth-order valence-electron chi connectivity index (χ4n) is 3.79. The number of hydrogen-bond acceptors (Lipinski definition) is 4. The molecule has 0 bridgehead atoms. The van der Waals surface area contributed by atoms with Crippen molar-refractivity contribution in [1.82, 2.24) is 14.9 Å². The predicted octanol–water partition coefficient (Wildman–Crippen LogP) is 4.90. The zero-order chi connectivity index (χ0) is 22.0. The Balaban J connectivity index is 1.42. The minimum absolute atomic E-state index is 0.00846. The van der Waals surface area contributed by atoms with E-state index in [1.54, 1.807) is 4.57 Å². The lowest BCUT2D eigenvalue weighted by Gasteiger charge is -2.16. The molecule has 6 heteroatoms. The van der Waals surface area contributed by atoms with Crippen LogP contribution in [0.4, 0.5) is 0 Å². The molecule has 1 heterocycles. The van der Waals surface area contributed by atoms with Gasteiger partial charge in [0, 0.05) is 6.04 Å². The third-order valence-electron chi connectivity index (χ3n) is 5.52. The molecule has 0 spiro atoms. The molecule has 0 radical (unpaired) electrons. The summed E-state index contributed by atoms with van der Waals surface area (Å²) in [5.74, 6) is 0.790. The third kappa shape index (κ3) is 5.18. The normalized spacial score (nSPS) is 14.7. The van der Waals surface area contributed by atoms with Gasteiger partial charge in [-0.25, -0.2) is 4.98 Å². The van der Waals surface area contributed by atoms with E-state index in [1.807, 2.05) is 31.2 Å². The molecule has 0 aliphatic heterocycles. The first-order valence-electron chi connectivity index (χ1n) is 10.9. The summed E-state index contributed by atoms with van der Waals surface area (Å²) in [6.07, 6.45) is 3.03. The van der Waals surface area contributed by atoms with Gasteiger partial charge in [0.05, 0.1) is 22.7 Å². The first-order chi connectivity index (χ1) is 14.9. The summed E-state index contributed by atoms with van der Waals surface area (Å²) >= 11 is 1.34. The lowest BCUT2D eigenvalue weighted by atomic mass is 10.00. The van der Waals surface area contributed by atoms with Crippen LogP contribution in [0.25, 0.3) is 10.9 Å². The van der Waals surface area contributed by atoms with Gasteiger partial charge in [-0.15, -0.1) is 0 Å². The summed E-state index contributed by atoms with van der Waals surface area (Å²) < 4.78 is 1.77. The minimum atomic E-state index is -0.0728. The number of nitrogens with zero attached hydrogens (tertiary/aromatic N) is 2. The van der Waals surface area contributed by atoms with Crippen molar-refractivity contribution in [3.8, 4) is 0 Å². The van der Waals surface area contributed by atoms with Crippen molar-refractivity contribution in [3.63, 3.8) is 0 Å². The zero-order valence-electron chi connectivity index (χ0n) is 18.3. The molecule has 1 atom stereocenters. The first-order valence-corrected chi connectivity index (χ1v) is 11.9. The molecule has 1 aliphatic rings. The maximum absolute atomic E-state index is 12.9. The highest BCUT2D eigenvalue weighted by molar-refractivity contribution is 7.99. The highest BCUT2D eigenvalue weighted by Crippen LogP contribution is 2.36. The predicted molar refractivity (Wildman–Crippen MR) is 127 cm³/mol. The Labute approximate surface area is 187 Å². The maximum Gasteiger partial charge on any atom is 0.262 e. The number of fused-ring (bicyclic) bond motifs is 1. The number of amides is 1. The molecular formula is C25H29N3O2S. The molecule has 1 fully saturated rings. The van der Waals surface area contributed by atoms with E-state index in [0.29, 0.717) is 22.0 Å². The van der Waals surface area contributed by atoms with E-state index in [0.717, 1.165) is 24.8 Å². The van der Waals surface area contributed by atoms with E-state index in [-0.39, 0.29) is 29.3 Å². The number of hydrogen-bond donors (Lipinski definition) is 1. The average Bonchev–Trinajstić information content (AvgIpc) is 3.57. The largest absolute Gasteiger partial charge is 0.349 e. The van der Waals surface area contributed by atoms with Crippen LogP contribution < -0.4 is 10.9 Å². The SMILES string of the molecule is CC(C)Cc1ccc(C(C)NC(=O)CSc2nc3ccccc3c(=O)n2C2CC2)cc1. The second-order valence-corrected chi connectivity index (χ2v) is 9.68. The standard InChI is InChI=1S/C25H29N3O2S/c1-16(2)14-18-8-10-19(11-9-18)17(3)26-23(29)15-31-25-27-22-7-5-4-6-21(22)24(30)28(25)20-12-13-20/h4-11,16-17,20H,12-15H2,1-3H3,(H,26,29). The lowest BCUT2D eigenvalue weighted by Crippen LogP contribution is -2.29. The second kappa shape index (κ2) is 9.27. The zero-order valence-corrected chi connectivity index (χ0v) is 19.1. The van der Waals surface area contributed by atoms with Crippen LogP contribution in [0.15, 0.2) is 58.5 Å². The van der Waals surface area contributed by atoms with Gasteiger partial charge < -0.3 is 5.32 Å². The monoisotopic (exact) mass is 435 g/mol. The van der Waals surface area contributed by atoms with Crippen LogP contribution in [-0.4, -0.2) is 21.2 Å². The molecule has 1 amide bonds. The van der Waals surface area contributed by atoms with Crippen molar-refractivity contribution in [2.24, 2.45) is 5.92 Å². The fourth-order valence-corrected chi connectivity index (χ4v) is 4.67. The molecule has 5 nitrogen and oxygen atoms in total. The third-order valence-corrected chi connectivity index (χ3v) is 6.47. The summed E-state index contributed by atoms with van der Waals surface area (Å²) in [5, 5.41) is 4.34. The van der Waals surface area contributed by atoms with Crippen molar-refractivity contribution >= 4 is 28.6 Å². The summed E-state index contributed by atoms with van der Waals surface area (Å²) in [4.78, 5) is 30.2. The number of nitrogens with one attached hydrogen (secondary N) is 1. The van der Waals surface area contributed by atoms with Crippen LogP contribution in [0.5, 0.6) is 0 Å². The van der Waals surface area contributed by atoms with Gasteiger partial charge in [-0.1, -0.05) is 62.0 Å². The van der Waals surface area contributed by atoms with Gasteiger partial charge in [0.1, 0.15) is 0 Å². The molecule has 2 aromatic carbocycles. The molecule has 1 aliphatic carbocycles. The number of carbonyl (C=O) groups is 1. The van der Waals surface area contributed by atoms with E-state index in [9.17, 15) is 9.59 Å². The summed E-state index contributed by atoms with van der Waals surface area (Å²) in [7, 11) is 0. The van der Waals surface area contributed by atoms with Crippen LogP contribution in [-0.2, 0) is 11.2 Å². The Morgan fingerprint density at radius 1 is 1.13 bits per heavy atom. The van der Waals surface area contributed by atoms with E-state index >= 15 is 0 Å². The Bertz CT molecular complexity index is 1130. The topological polar surface area (TPSA) is 64.0 Å². The smallest absolute Gasteiger partial charge is 0.262 e. The van der Waals surface area contributed by atoms with Crippen molar-refractivity contribution in [2.45, 2.75) is 57.3 Å². The second-order valence-electron chi connectivity index (χ2n) is 8.74. The van der Waals surface area contributed by atoms with Crippen molar-refractivity contribution < 1.29 is 4.79 Å². The molecule has 4 rings (SSSR count). The van der Waals surface area contributed by atoms with Gasteiger partial charge in [-0.05, 0) is 55.4 Å². The lowest BCUT2D eigenvalue weighted by molar-refractivity contribution is -0.119. The summed E-state index contributed by atoms with van der Waals surface area (Å²) in [5.41, 5.74) is 3.07. The molecule has 1 aromatic heterocycles. The van der Waals surface area contributed by atoms with Gasteiger partial charge in [0.2, 0.25) is 5.91 Å². The van der Waals surface area contributed by atoms with Gasteiger partial charge in [0.25, 0.3) is 5.56 Å². The van der Waals surface area contributed by atoms with Gasteiger partial charge in [-0.2, -0.15) is 0 Å². The van der Waals surface area contributed by atoms with E-state index in [4.69, 9.17) is 0 Å². The van der Waals surface area contributed by atoms with E-state index in [1.165, 1.54) is 17.3 Å². The molecule has 3 aromatic rings. The minimum Gasteiger partial charge on any atom is -0.349 e. The average molecular weight is 436 g/mol. The Morgan fingerprint density at radius 2 is 1.84 bits per heavy atom.